The van der Waals surface area contributed by atoms with Gasteiger partial charge in [0.1, 0.15) is 0 Å². The molecule has 76 valence electrons. The van der Waals surface area contributed by atoms with Crippen LogP contribution in [-0.2, 0) is 0 Å². The number of hydrogen-bond donors (Lipinski definition) is 0. The zero-order valence-electron chi connectivity index (χ0n) is 8.16. The minimum absolute atomic E-state index is 0.595. The van der Waals surface area contributed by atoms with E-state index in [-0.39, 0.29) is 0 Å². The maximum atomic E-state index is 8.78. The Morgan fingerprint density at radius 3 is 3.06 bits per heavy atom. The first-order chi connectivity index (χ1) is 7.86. The van der Waals surface area contributed by atoms with Crippen LogP contribution in [0.15, 0.2) is 35.8 Å². The lowest BCUT2D eigenvalue weighted by Gasteiger charge is -1.89. The van der Waals surface area contributed by atoms with Gasteiger partial charge in [0.05, 0.1) is 16.5 Å². The van der Waals surface area contributed by atoms with Crippen molar-refractivity contribution in [2.24, 2.45) is 0 Å². The standard InChI is InChI=1S/C11H6N4S/c12-7-8-3-4-15-10(6-8)13-11(14-15)9-2-1-5-16-9/h1-6H. The van der Waals surface area contributed by atoms with E-state index in [2.05, 4.69) is 16.2 Å². The van der Waals surface area contributed by atoms with Crippen LogP contribution in [-0.4, -0.2) is 14.6 Å². The fourth-order valence-electron chi connectivity index (χ4n) is 1.46. The summed E-state index contributed by atoms with van der Waals surface area (Å²) in [7, 11) is 0. The average molecular weight is 226 g/mol. The number of fused-ring (bicyclic) bond motifs is 1. The van der Waals surface area contributed by atoms with E-state index in [1.807, 2.05) is 17.5 Å². The van der Waals surface area contributed by atoms with Gasteiger partial charge in [-0.3, -0.25) is 0 Å². The second-order valence-corrected chi connectivity index (χ2v) is 4.19. The van der Waals surface area contributed by atoms with Crippen LogP contribution < -0.4 is 0 Å². The molecule has 0 saturated heterocycles. The smallest absolute Gasteiger partial charge is 0.192 e. The Morgan fingerprint density at radius 1 is 1.38 bits per heavy atom. The van der Waals surface area contributed by atoms with Crippen LogP contribution >= 0.6 is 11.3 Å². The van der Waals surface area contributed by atoms with Gasteiger partial charge in [0.15, 0.2) is 11.5 Å². The van der Waals surface area contributed by atoms with Crippen LogP contribution in [0.2, 0.25) is 0 Å². The molecule has 0 spiro atoms. The minimum Gasteiger partial charge on any atom is -0.220 e. The molecule has 0 fully saturated rings. The molecule has 4 nitrogen and oxygen atoms in total. The molecule has 0 N–H and O–H groups in total. The van der Waals surface area contributed by atoms with Gasteiger partial charge in [-0.15, -0.1) is 16.4 Å². The van der Waals surface area contributed by atoms with Crippen LogP contribution in [0.5, 0.6) is 0 Å². The average Bonchev–Trinajstić information content (AvgIpc) is 2.96. The van der Waals surface area contributed by atoms with E-state index in [4.69, 9.17) is 5.26 Å². The maximum Gasteiger partial charge on any atom is 0.192 e. The Balaban J connectivity index is 2.20. The molecule has 16 heavy (non-hydrogen) atoms. The fraction of sp³-hybridized carbons (Fsp3) is 0. The van der Waals surface area contributed by atoms with Gasteiger partial charge in [0.2, 0.25) is 0 Å². The van der Waals surface area contributed by atoms with E-state index >= 15 is 0 Å². The minimum atomic E-state index is 0.595. The number of pyridine rings is 1. The first kappa shape index (κ1) is 9.07. The van der Waals surface area contributed by atoms with Crippen molar-refractivity contribution in [2.45, 2.75) is 0 Å². The molecule has 0 radical (unpaired) electrons. The van der Waals surface area contributed by atoms with Gasteiger partial charge >= 0.3 is 0 Å². The number of nitriles is 1. The van der Waals surface area contributed by atoms with E-state index in [0.717, 1.165) is 4.88 Å². The summed E-state index contributed by atoms with van der Waals surface area (Å²) >= 11 is 1.60. The van der Waals surface area contributed by atoms with Crippen molar-refractivity contribution < 1.29 is 0 Å². The molecule has 0 unspecified atom stereocenters. The summed E-state index contributed by atoms with van der Waals surface area (Å²) in [5.41, 5.74) is 1.29. The predicted molar refractivity (Wildman–Crippen MR) is 61.0 cm³/mol. The zero-order chi connectivity index (χ0) is 11.0. The first-order valence-electron chi connectivity index (χ1n) is 4.67. The van der Waals surface area contributed by atoms with Gasteiger partial charge in [-0.05, 0) is 17.5 Å². The van der Waals surface area contributed by atoms with Gasteiger partial charge in [-0.2, -0.15) is 5.26 Å². The number of aromatic nitrogens is 3. The summed E-state index contributed by atoms with van der Waals surface area (Å²) < 4.78 is 1.68. The van der Waals surface area contributed by atoms with Crippen molar-refractivity contribution in [3.8, 4) is 16.8 Å². The number of hydrogen-bond acceptors (Lipinski definition) is 4. The van der Waals surface area contributed by atoms with Crippen molar-refractivity contribution in [2.75, 3.05) is 0 Å². The largest absolute Gasteiger partial charge is 0.220 e. The molecule has 0 bridgehead atoms. The maximum absolute atomic E-state index is 8.78. The number of rotatable bonds is 1. The quantitative estimate of drug-likeness (QED) is 0.640. The Labute approximate surface area is 95.4 Å². The van der Waals surface area contributed by atoms with Crippen LogP contribution in [0.25, 0.3) is 16.3 Å². The highest BCUT2D eigenvalue weighted by Gasteiger charge is 2.07. The second kappa shape index (κ2) is 3.43. The third kappa shape index (κ3) is 1.36. The second-order valence-electron chi connectivity index (χ2n) is 3.24. The van der Waals surface area contributed by atoms with Crippen LogP contribution in [0.4, 0.5) is 0 Å². The van der Waals surface area contributed by atoms with Crippen molar-refractivity contribution in [1.82, 2.24) is 14.6 Å². The molecule has 3 rings (SSSR count). The van der Waals surface area contributed by atoms with E-state index in [1.165, 1.54) is 0 Å². The zero-order valence-corrected chi connectivity index (χ0v) is 8.98. The van der Waals surface area contributed by atoms with Gasteiger partial charge < -0.3 is 0 Å². The monoisotopic (exact) mass is 226 g/mol. The molecule has 0 aliphatic rings. The number of thiophene rings is 1. The van der Waals surface area contributed by atoms with Crippen molar-refractivity contribution in [1.29, 1.82) is 5.26 Å². The highest BCUT2D eigenvalue weighted by Crippen LogP contribution is 2.21. The summed E-state index contributed by atoms with van der Waals surface area (Å²) in [5, 5.41) is 15.1. The SMILES string of the molecule is N#Cc1ccn2nc(-c3cccs3)nc2c1. The van der Waals surface area contributed by atoms with E-state index in [1.54, 1.807) is 34.2 Å². The molecule has 0 saturated carbocycles. The molecular weight excluding hydrogens is 220 g/mol. The van der Waals surface area contributed by atoms with Crippen molar-refractivity contribution in [3.05, 3.63) is 41.4 Å². The molecular formula is C11H6N4S. The first-order valence-corrected chi connectivity index (χ1v) is 5.55. The van der Waals surface area contributed by atoms with Gasteiger partial charge in [0.25, 0.3) is 0 Å². The van der Waals surface area contributed by atoms with E-state index in [0.29, 0.717) is 17.0 Å². The van der Waals surface area contributed by atoms with E-state index < -0.39 is 0 Å². The Morgan fingerprint density at radius 2 is 2.31 bits per heavy atom. The molecule has 0 aliphatic heterocycles. The van der Waals surface area contributed by atoms with Crippen molar-refractivity contribution in [3.63, 3.8) is 0 Å². The number of nitrogens with zero attached hydrogens (tertiary/aromatic N) is 4. The Hall–Kier alpha value is -2.19. The summed E-state index contributed by atoms with van der Waals surface area (Å²) in [4.78, 5) is 5.40. The van der Waals surface area contributed by atoms with Gasteiger partial charge in [-0.25, -0.2) is 9.50 Å². The van der Waals surface area contributed by atoms with E-state index in [9.17, 15) is 0 Å². The molecule has 0 atom stereocenters. The summed E-state index contributed by atoms with van der Waals surface area (Å²) in [5.74, 6) is 0.699. The molecule has 0 amide bonds. The normalized spacial score (nSPS) is 10.4. The predicted octanol–water partition coefficient (Wildman–Crippen LogP) is 2.33. The molecule has 3 aromatic rings. The van der Waals surface area contributed by atoms with Gasteiger partial charge in [-0.1, -0.05) is 6.07 Å². The summed E-state index contributed by atoms with van der Waals surface area (Å²) in [6.45, 7) is 0. The Bertz CT molecular complexity index is 676. The van der Waals surface area contributed by atoms with Crippen LogP contribution in [0, 0.1) is 11.3 Å². The summed E-state index contributed by atoms with van der Waals surface area (Å²) in [6.07, 6.45) is 1.75. The van der Waals surface area contributed by atoms with Crippen molar-refractivity contribution >= 4 is 17.0 Å². The lowest BCUT2D eigenvalue weighted by Crippen LogP contribution is -1.86. The molecule has 3 heterocycles. The lowest BCUT2D eigenvalue weighted by molar-refractivity contribution is 0.966. The Kier molecular flexibility index (Phi) is 1.95. The van der Waals surface area contributed by atoms with Crippen LogP contribution in [0.1, 0.15) is 5.56 Å². The lowest BCUT2D eigenvalue weighted by atomic mass is 10.3. The fourth-order valence-corrected chi connectivity index (χ4v) is 2.11. The highest BCUT2D eigenvalue weighted by atomic mass is 32.1. The van der Waals surface area contributed by atoms with Crippen LogP contribution in [0.3, 0.4) is 0 Å². The molecule has 5 heteroatoms. The van der Waals surface area contributed by atoms with Gasteiger partial charge in [0, 0.05) is 12.3 Å². The molecule has 0 aromatic carbocycles. The third-order valence-electron chi connectivity index (χ3n) is 2.21. The third-order valence-corrected chi connectivity index (χ3v) is 3.07. The molecule has 0 aliphatic carbocycles. The summed E-state index contributed by atoms with van der Waals surface area (Å²) in [6, 6.07) is 9.47. The molecule has 3 aromatic heterocycles. The highest BCUT2D eigenvalue weighted by molar-refractivity contribution is 7.13. The topological polar surface area (TPSA) is 54.0 Å².